The topological polar surface area (TPSA) is 159 Å². The molecule has 0 rings (SSSR count). The normalized spacial score (nSPS) is 18.1. The molecule has 0 spiro atoms. The standard InChI is InChI=1S/C13H26N2O7/c1-7(17)8(14-2)3-4-11(20)15-5-9(18)12(21)13(22)10(19)6-16/h8-10,12-14,16,18-19,21-22H,3-6H2,1-2H3,(H,15,20). The van der Waals surface area contributed by atoms with Gasteiger partial charge in [0.1, 0.15) is 24.1 Å². The van der Waals surface area contributed by atoms with Gasteiger partial charge in [0.05, 0.1) is 18.8 Å². The molecule has 0 aliphatic heterocycles. The minimum absolute atomic E-state index is 0.0513. The fourth-order valence-electron chi connectivity index (χ4n) is 1.82. The zero-order chi connectivity index (χ0) is 17.3. The number of nitrogens with one attached hydrogen (secondary N) is 2. The summed E-state index contributed by atoms with van der Waals surface area (Å²) >= 11 is 0. The van der Waals surface area contributed by atoms with Crippen molar-refractivity contribution in [3.05, 3.63) is 0 Å². The first-order valence-electron chi connectivity index (χ1n) is 7.02. The van der Waals surface area contributed by atoms with Gasteiger partial charge < -0.3 is 36.2 Å². The number of likely N-dealkylation sites (N-methyl/N-ethyl adjacent to an activating group) is 1. The molecule has 9 heteroatoms. The molecule has 0 aliphatic rings. The van der Waals surface area contributed by atoms with Gasteiger partial charge >= 0.3 is 0 Å². The fourth-order valence-corrected chi connectivity index (χ4v) is 1.82. The van der Waals surface area contributed by atoms with E-state index in [9.17, 15) is 24.9 Å². The molecule has 130 valence electrons. The van der Waals surface area contributed by atoms with Crippen molar-refractivity contribution in [2.75, 3.05) is 20.2 Å². The van der Waals surface area contributed by atoms with Crippen LogP contribution in [0.2, 0.25) is 0 Å². The summed E-state index contributed by atoms with van der Waals surface area (Å²) in [6, 6.07) is -0.428. The molecule has 5 unspecified atom stereocenters. The van der Waals surface area contributed by atoms with Crippen molar-refractivity contribution in [2.45, 2.75) is 50.2 Å². The van der Waals surface area contributed by atoms with Gasteiger partial charge in [0, 0.05) is 13.0 Å². The average molecular weight is 322 g/mol. The third kappa shape index (κ3) is 7.25. The number of hydrogen-bond acceptors (Lipinski definition) is 8. The number of aliphatic hydroxyl groups excluding tert-OH is 5. The van der Waals surface area contributed by atoms with Crippen LogP contribution in [-0.4, -0.2) is 87.9 Å². The van der Waals surface area contributed by atoms with E-state index in [0.717, 1.165) is 0 Å². The van der Waals surface area contributed by atoms with Crippen LogP contribution < -0.4 is 10.6 Å². The molecule has 0 saturated heterocycles. The summed E-state index contributed by atoms with van der Waals surface area (Å²) < 4.78 is 0. The molecule has 0 aromatic rings. The number of carbonyl (C=O) groups excluding carboxylic acids is 2. The van der Waals surface area contributed by atoms with Gasteiger partial charge in [-0.25, -0.2) is 0 Å². The van der Waals surface area contributed by atoms with Crippen molar-refractivity contribution in [3.8, 4) is 0 Å². The minimum Gasteiger partial charge on any atom is -0.394 e. The lowest BCUT2D eigenvalue weighted by molar-refractivity contribution is -0.126. The van der Waals surface area contributed by atoms with Crippen molar-refractivity contribution in [2.24, 2.45) is 0 Å². The van der Waals surface area contributed by atoms with Crippen LogP contribution >= 0.6 is 0 Å². The van der Waals surface area contributed by atoms with Crippen LogP contribution in [0.5, 0.6) is 0 Å². The first-order chi connectivity index (χ1) is 10.2. The molecule has 5 atom stereocenters. The number of Topliss-reactive ketones (excluding diaryl/α,β-unsaturated/α-hetero) is 1. The van der Waals surface area contributed by atoms with Crippen LogP contribution in [0.1, 0.15) is 19.8 Å². The Labute approximate surface area is 129 Å². The summed E-state index contributed by atoms with van der Waals surface area (Å²) in [6.45, 7) is 0.306. The fraction of sp³-hybridized carbons (Fsp3) is 0.846. The Bertz CT molecular complexity index is 353. The van der Waals surface area contributed by atoms with Crippen molar-refractivity contribution >= 4 is 11.7 Å². The SMILES string of the molecule is CNC(CCC(=O)NCC(O)C(O)C(O)C(O)CO)C(C)=O. The summed E-state index contributed by atoms with van der Waals surface area (Å²) in [5.74, 6) is -0.517. The number of rotatable bonds is 11. The van der Waals surface area contributed by atoms with E-state index in [1.54, 1.807) is 7.05 Å². The van der Waals surface area contributed by atoms with Crippen molar-refractivity contribution in [1.82, 2.24) is 10.6 Å². The highest BCUT2D eigenvalue weighted by atomic mass is 16.4. The zero-order valence-electron chi connectivity index (χ0n) is 12.8. The van der Waals surface area contributed by atoms with E-state index in [1.165, 1.54) is 6.92 Å². The highest BCUT2D eigenvalue weighted by molar-refractivity contribution is 5.82. The van der Waals surface area contributed by atoms with E-state index in [4.69, 9.17) is 10.2 Å². The Hall–Kier alpha value is -1.10. The number of carbonyl (C=O) groups is 2. The van der Waals surface area contributed by atoms with Crippen LogP contribution in [0.25, 0.3) is 0 Å². The van der Waals surface area contributed by atoms with Gasteiger partial charge in [-0.2, -0.15) is 0 Å². The van der Waals surface area contributed by atoms with Crippen LogP contribution in [-0.2, 0) is 9.59 Å². The van der Waals surface area contributed by atoms with Crippen LogP contribution in [0, 0.1) is 0 Å². The smallest absolute Gasteiger partial charge is 0.220 e. The third-order valence-electron chi connectivity index (χ3n) is 3.33. The summed E-state index contributed by atoms with van der Waals surface area (Å²) in [4.78, 5) is 22.7. The van der Waals surface area contributed by atoms with Gasteiger partial charge in [-0.05, 0) is 20.4 Å². The zero-order valence-corrected chi connectivity index (χ0v) is 12.8. The van der Waals surface area contributed by atoms with Crippen molar-refractivity contribution < 1.29 is 35.1 Å². The predicted octanol–water partition coefficient (Wildman–Crippen LogP) is -3.50. The second-order valence-electron chi connectivity index (χ2n) is 5.09. The van der Waals surface area contributed by atoms with Gasteiger partial charge in [0.25, 0.3) is 0 Å². The number of ketones is 1. The maximum absolute atomic E-state index is 11.6. The van der Waals surface area contributed by atoms with E-state index in [1.807, 2.05) is 0 Å². The predicted molar refractivity (Wildman–Crippen MR) is 76.9 cm³/mol. The molecule has 1 amide bonds. The number of hydrogen-bond donors (Lipinski definition) is 7. The van der Waals surface area contributed by atoms with Crippen LogP contribution in [0.3, 0.4) is 0 Å². The van der Waals surface area contributed by atoms with Crippen molar-refractivity contribution in [3.63, 3.8) is 0 Å². The highest BCUT2D eigenvalue weighted by Gasteiger charge is 2.30. The van der Waals surface area contributed by atoms with E-state index in [0.29, 0.717) is 6.42 Å². The maximum atomic E-state index is 11.6. The van der Waals surface area contributed by atoms with E-state index < -0.39 is 43.0 Å². The van der Waals surface area contributed by atoms with E-state index >= 15 is 0 Å². The Morgan fingerprint density at radius 1 is 1.05 bits per heavy atom. The molecule has 7 N–H and O–H groups in total. The first-order valence-corrected chi connectivity index (χ1v) is 7.02. The number of amides is 1. The summed E-state index contributed by atoms with van der Waals surface area (Å²) in [5, 5.41) is 51.5. The summed E-state index contributed by atoms with van der Waals surface area (Å²) in [6.07, 6.45) is -6.20. The lowest BCUT2D eigenvalue weighted by atomic mass is 10.0. The molecule has 0 bridgehead atoms. The number of aliphatic hydroxyl groups is 5. The lowest BCUT2D eigenvalue weighted by Crippen LogP contribution is -2.49. The summed E-state index contributed by atoms with van der Waals surface area (Å²) in [5.41, 5.74) is 0. The van der Waals surface area contributed by atoms with E-state index in [2.05, 4.69) is 10.6 Å². The molecule has 0 aliphatic carbocycles. The Balaban J connectivity index is 4.16. The van der Waals surface area contributed by atoms with Gasteiger partial charge in [-0.3, -0.25) is 9.59 Å². The highest BCUT2D eigenvalue weighted by Crippen LogP contribution is 2.05. The van der Waals surface area contributed by atoms with Gasteiger partial charge in [-0.1, -0.05) is 0 Å². The maximum Gasteiger partial charge on any atom is 0.220 e. The molecular formula is C13H26N2O7. The largest absolute Gasteiger partial charge is 0.394 e. The van der Waals surface area contributed by atoms with E-state index in [-0.39, 0.29) is 18.7 Å². The summed E-state index contributed by atoms with van der Waals surface area (Å²) in [7, 11) is 1.61. The molecule has 0 saturated carbocycles. The second-order valence-corrected chi connectivity index (χ2v) is 5.09. The molecular weight excluding hydrogens is 296 g/mol. The monoisotopic (exact) mass is 322 g/mol. The lowest BCUT2D eigenvalue weighted by Gasteiger charge is -2.25. The Kier molecular flexibility index (Phi) is 10.1. The second kappa shape index (κ2) is 10.6. The molecule has 22 heavy (non-hydrogen) atoms. The minimum atomic E-state index is -1.73. The Morgan fingerprint density at radius 3 is 2.05 bits per heavy atom. The third-order valence-corrected chi connectivity index (χ3v) is 3.33. The van der Waals surface area contributed by atoms with Gasteiger partial charge in [-0.15, -0.1) is 0 Å². The first kappa shape index (κ1) is 20.9. The van der Waals surface area contributed by atoms with Crippen LogP contribution in [0.4, 0.5) is 0 Å². The quantitative estimate of drug-likeness (QED) is 0.206. The average Bonchev–Trinajstić information content (AvgIpc) is 2.50. The molecule has 0 aromatic carbocycles. The van der Waals surface area contributed by atoms with Crippen LogP contribution in [0.15, 0.2) is 0 Å². The van der Waals surface area contributed by atoms with Gasteiger partial charge in [0.15, 0.2) is 0 Å². The Morgan fingerprint density at radius 2 is 1.59 bits per heavy atom. The molecule has 0 aromatic heterocycles. The molecule has 9 nitrogen and oxygen atoms in total. The molecule has 0 radical (unpaired) electrons. The van der Waals surface area contributed by atoms with Crippen molar-refractivity contribution in [1.29, 1.82) is 0 Å². The molecule has 0 heterocycles. The van der Waals surface area contributed by atoms with Gasteiger partial charge in [0.2, 0.25) is 5.91 Å². The molecule has 0 fully saturated rings.